The summed E-state index contributed by atoms with van der Waals surface area (Å²) in [5.41, 5.74) is 2.49. The Morgan fingerprint density at radius 3 is 2.22 bits per heavy atom. The van der Waals surface area contributed by atoms with Gasteiger partial charge >= 0.3 is 5.97 Å². The Morgan fingerprint density at radius 2 is 1.59 bits per heavy atom. The van der Waals surface area contributed by atoms with Gasteiger partial charge in [-0.1, -0.05) is 60.7 Å². The Bertz CT molecular complexity index is 904. The zero-order valence-electron chi connectivity index (χ0n) is 15.1. The molecule has 1 heterocycles. The van der Waals surface area contributed by atoms with E-state index < -0.39 is 5.97 Å². The van der Waals surface area contributed by atoms with Gasteiger partial charge in [-0.3, -0.25) is 4.79 Å². The van der Waals surface area contributed by atoms with Crippen LogP contribution in [-0.2, 0) is 22.4 Å². The molecule has 0 bridgehead atoms. The molecule has 2 aromatic carbocycles. The number of hydrogen-bond acceptors (Lipinski definition) is 4. The maximum atomic E-state index is 12.4. The molecule has 0 saturated heterocycles. The molecule has 1 aromatic heterocycles. The fraction of sp³-hybridized carbons (Fsp3) is 0.182. The number of rotatable bonds is 7. The predicted molar refractivity (Wildman–Crippen MR) is 108 cm³/mol. The maximum absolute atomic E-state index is 12.4. The van der Waals surface area contributed by atoms with Crippen LogP contribution in [0, 0.1) is 0 Å². The van der Waals surface area contributed by atoms with E-state index >= 15 is 0 Å². The van der Waals surface area contributed by atoms with Crippen molar-refractivity contribution >= 4 is 28.2 Å². The third-order valence-electron chi connectivity index (χ3n) is 3.96. The molecule has 0 radical (unpaired) electrons. The molecule has 0 unspecified atom stereocenters. The van der Waals surface area contributed by atoms with Crippen molar-refractivity contribution in [3.8, 4) is 0 Å². The van der Waals surface area contributed by atoms with Gasteiger partial charge in [0, 0.05) is 11.3 Å². The van der Waals surface area contributed by atoms with Gasteiger partial charge in [0.25, 0.3) is 0 Å². The predicted octanol–water partition coefficient (Wildman–Crippen LogP) is 4.70. The molecule has 0 aliphatic carbocycles. The molecular weight excluding hydrogens is 358 g/mol. The Morgan fingerprint density at radius 1 is 0.963 bits per heavy atom. The largest absolute Gasteiger partial charge is 0.462 e. The summed E-state index contributed by atoms with van der Waals surface area (Å²) in [6.07, 6.45) is 0.960. The van der Waals surface area contributed by atoms with Gasteiger partial charge in [0.15, 0.2) is 0 Å². The second-order valence-corrected chi connectivity index (χ2v) is 7.19. The van der Waals surface area contributed by atoms with Crippen molar-refractivity contribution in [2.75, 3.05) is 11.9 Å². The normalized spacial score (nSPS) is 10.4. The summed E-state index contributed by atoms with van der Waals surface area (Å²) in [5.74, 6) is -0.567. The Kier molecular flexibility index (Phi) is 6.39. The highest BCUT2D eigenvalue weighted by Crippen LogP contribution is 2.30. The molecular formula is C22H21NO3S. The summed E-state index contributed by atoms with van der Waals surface area (Å²) in [4.78, 5) is 25.7. The molecule has 0 atom stereocenters. The van der Waals surface area contributed by atoms with E-state index in [-0.39, 0.29) is 12.3 Å². The van der Waals surface area contributed by atoms with Crippen molar-refractivity contribution in [1.82, 2.24) is 0 Å². The van der Waals surface area contributed by atoms with Crippen molar-refractivity contribution in [1.29, 1.82) is 0 Å². The van der Waals surface area contributed by atoms with Crippen LogP contribution in [0.4, 0.5) is 5.00 Å². The fourth-order valence-corrected chi connectivity index (χ4v) is 3.83. The monoisotopic (exact) mass is 379 g/mol. The molecule has 5 heteroatoms. The summed E-state index contributed by atoms with van der Waals surface area (Å²) >= 11 is 1.41. The number of anilines is 1. The first kappa shape index (κ1) is 18.9. The van der Waals surface area contributed by atoms with E-state index in [9.17, 15) is 9.59 Å². The maximum Gasteiger partial charge on any atom is 0.341 e. The number of benzene rings is 2. The highest BCUT2D eigenvalue weighted by Gasteiger charge is 2.19. The lowest BCUT2D eigenvalue weighted by Crippen LogP contribution is -2.16. The standard InChI is InChI=1S/C22H21NO3S/c1-2-26-22(25)19-15-18(13-16-9-5-3-6-10-16)27-21(19)23-20(24)14-17-11-7-4-8-12-17/h3-12,15H,2,13-14H2,1H3,(H,23,24). The lowest BCUT2D eigenvalue weighted by molar-refractivity contribution is -0.115. The molecule has 1 N–H and O–H groups in total. The van der Waals surface area contributed by atoms with Crippen LogP contribution < -0.4 is 5.32 Å². The number of hydrogen-bond donors (Lipinski definition) is 1. The Balaban J connectivity index is 1.79. The van der Waals surface area contributed by atoms with Gasteiger partial charge < -0.3 is 10.1 Å². The van der Waals surface area contributed by atoms with Gasteiger partial charge in [-0.05, 0) is 24.1 Å². The highest BCUT2D eigenvalue weighted by atomic mass is 32.1. The molecule has 0 fully saturated rings. The van der Waals surface area contributed by atoms with Crippen LogP contribution in [0.5, 0.6) is 0 Å². The summed E-state index contributed by atoms with van der Waals surface area (Å²) in [6.45, 7) is 2.06. The second kappa shape index (κ2) is 9.14. The third-order valence-corrected chi connectivity index (χ3v) is 5.01. The number of nitrogens with one attached hydrogen (secondary N) is 1. The zero-order chi connectivity index (χ0) is 19.1. The fourth-order valence-electron chi connectivity index (χ4n) is 2.73. The van der Waals surface area contributed by atoms with E-state index in [1.165, 1.54) is 11.3 Å². The van der Waals surface area contributed by atoms with E-state index in [0.717, 1.165) is 16.0 Å². The van der Waals surface area contributed by atoms with Crippen LogP contribution in [0.25, 0.3) is 0 Å². The lowest BCUT2D eigenvalue weighted by atomic mass is 10.1. The van der Waals surface area contributed by atoms with Crippen LogP contribution in [-0.4, -0.2) is 18.5 Å². The number of ether oxygens (including phenoxy) is 1. The second-order valence-electron chi connectivity index (χ2n) is 6.05. The minimum Gasteiger partial charge on any atom is -0.462 e. The Labute approximate surface area is 162 Å². The lowest BCUT2D eigenvalue weighted by Gasteiger charge is -2.06. The van der Waals surface area contributed by atoms with Crippen molar-refractivity contribution in [3.63, 3.8) is 0 Å². The molecule has 0 aliphatic heterocycles. The quantitative estimate of drug-likeness (QED) is 0.606. The summed E-state index contributed by atoms with van der Waals surface area (Å²) in [5, 5.41) is 3.43. The minimum absolute atomic E-state index is 0.153. The Hall–Kier alpha value is -2.92. The van der Waals surface area contributed by atoms with E-state index in [1.54, 1.807) is 6.92 Å². The van der Waals surface area contributed by atoms with Crippen LogP contribution in [0.3, 0.4) is 0 Å². The molecule has 3 aromatic rings. The first-order chi connectivity index (χ1) is 13.2. The number of amides is 1. The minimum atomic E-state index is -0.414. The number of carbonyl (C=O) groups excluding carboxylic acids is 2. The molecule has 0 saturated carbocycles. The molecule has 1 amide bonds. The van der Waals surface area contributed by atoms with Gasteiger partial charge in [-0.15, -0.1) is 11.3 Å². The van der Waals surface area contributed by atoms with Crippen molar-refractivity contribution in [2.24, 2.45) is 0 Å². The highest BCUT2D eigenvalue weighted by molar-refractivity contribution is 7.16. The summed E-state index contributed by atoms with van der Waals surface area (Å²) in [6, 6.07) is 21.3. The first-order valence-electron chi connectivity index (χ1n) is 8.83. The summed E-state index contributed by atoms with van der Waals surface area (Å²) in [7, 11) is 0. The van der Waals surface area contributed by atoms with Crippen molar-refractivity contribution in [2.45, 2.75) is 19.8 Å². The van der Waals surface area contributed by atoms with Gasteiger partial charge in [0.2, 0.25) is 5.91 Å². The molecule has 27 heavy (non-hydrogen) atoms. The van der Waals surface area contributed by atoms with Crippen LogP contribution in [0.1, 0.15) is 33.3 Å². The van der Waals surface area contributed by atoms with Gasteiger partial charge in [0.1, 0.15) is 5.00 Å². The molecule has 0 spiro atoms. The molecule has 138 valence electrons. The van der Waals surface area contributed by atoms with Crippen LogP contribution >= 0.6 is 11.3 Å². The number of thiophene rings is 1. The van der Waals surface area contributed by atoms with Gasteiger partial charge in [0.05, 0.1) is 18.6 Å². The SMILES string of the molecule is CCOC(=O)c1cc(Cc2ccccc2)sc1NC(=O)Cc1ccccc1. The zero-order valence-corrected chi connectivity index (χ0v) is 15.9. The van der Waals surface area contributed by atoms with Crippen LogP contribution in [0.2, 0.25) is 0 Å². The van der Waals surface area contributed by atoms with Crippen LogP contribution in [0.15, 0.2) is 66.7 Å². The third kappa shape index (κ3) is 5.28. The topological polar surface area (TPSA) is 55.4 Å². The van der Waals surface area contributed by atoms with E-state index in [2.05, 4.69) is 5.32 Å². The van der Waals surface area contributed by atoms with Crippen molar-refractivity contribution in [3.05, 3.63) is 88.3 Å². The van der Waals surface area contributed by atoms with E-state index in [4.69, 9.17) is 4.74 Å². The summed E-state index contributed by atoms with van der Waals surface area (Å²) < 4.78 is 5.15. The molecule has 0 aliphatic rings. The van der Waals surface area contributed by atoms with Crippen molar-refractivity contribution < 1.29 is 14.3 Å². The van der Waals surface area contributed by atoms with Gasteiger partial charge in [-0.25, -0.2) is 4.79 Å². The average molecular weight is 379 g/mol. The number of carbonyl (C=O) groups is 2. The number of esters is 1. The smallest absolute Gasteiger partial charge is 0.341 e. The first-order valence-corrected chi connectivity index (χ1v) is 9.65. The van der Waals surface area contributed by atoms with E-state index in [1.807, 2.05) is 66.7 Å². The molecule has 4 nitrogen and oxygen atoms in total. The molecule has 3 rings (SSSR count). The van der Waals surface area contributed by atoms with Gasteiger partial charge in [-0.2, -0.15) is 0 Å². The average Bonchev–Trinajstić information content (AvgIpc) is 3.05. The van der Waals surface area contributed by atoms with E-state index in [0.29, 0.717) is 23.6 Å².